The molecule has 0 unspecified atom stereocenters. The van der Waals surface area contributed by atoms with Crippen molar-refractivity contribution in [3.63, 3.8) is 0 Å². The number of hydrogen-bond donors (Lipinski definition) is 1. The third-order valence-electron chi connectivity index (χ3n) is 2.71. The number of benzene rings is 1. The van der Waals surface area contributed by atoms with Crippen LogP contribution in [0, 0.1) is 0 Å². The first-order valence-electron chi connectivity index (χ1n) is 6.13. The lowest BCUT2D eigenvalue weighted by Crippen LogP contribution is -2.21. The molecule has 1 N–H and O–H groups in total. The summed E-state index contributed by atoms with van der Waals surface area (Å²) in [5.41, 5.74) is 5.01. The summed E-state index contributed by atoms with van der Waals surface area (Å²) in [4.78, 5) is 15.8. The van der Waals surface area contributed by atoms with E-state index in [9.17, 15) is 4.79 Å². The summed E-state index contributed by atoms with van der Waals surface area (Å²) < 4.78 is 0. The van der Waals surface area contributed by atoms with Crippen LogP contribution in [0.4, 0.5) is 0 Å². The zero-order valence-corrected chi connectivity index (χ0v) is 11.8. The highest BCUT2D eigenvalue weighted by Gasteiger charge is 2.03. The molecule has 0 aliphatic heterocycles. The van der Waals surface area contributed by atoms with Crippen LogP contribution in [-0.2, 0) is 11.2 Å². The number of halogens is 1. The van der Waals surface area contributed by atoms with Crippen molar-refractivity contribution in [3.05, 3.63) is 64.9 Å². The van der Waals surface area contributed by atoms with Crippen molar-refractivity contribution in [1.29, 1.82) is 0 Å². The van der Waals surface area contributed by atoms with Gasteiger partial charge >= 0.3 is 0 Å². The van der Waals surface area contributed by atoms with Gasteiger partial charge < -0.3 is 0 Å². The van der Waals surface area contributed by atoms with Crippen molar-refractivity contribution >= 4 is 23.2 Å². The van der Waals surface area contributed by atoms with Gasteiger partial charge in [0, 0.05) is 23.0 Å². The van der Waals surface area contributed by atoms with E-state index in [1.54, 1.807) is 24.5 Å². The first kappa shape index (κ1) is 14.2. The van der Waals surface area contributed by atoms with E-state index >= 15 is 0 Å². The molecule has 0 aliphatic rings. The van der Waals surface area contributed by atoms with Crippen LogP contribution in [0.15, 0.2) is 53.9 Å². The Bertz CT molecular complexity index is 609. The Balaban J connectivity index is 1.93. The molecule has 1 aromatic heterocycles. The largest absolute Gasteiger partial charge is 0.273 e. The molecular formula is C15H14ClN3O. The van der Waals surface area contributed by atoms with E-state index in [0.717, 1.165) is 11.1 Å². The van der Waals surface area contributed by atoms with Gasteiger partial charge in [0.1, 0.15) is 0 Å². The van der Waals surface area contributed by atoms with Crippen molar-refractivity contribution < 1.29 is 4.79 Å². The van der Waals surface area contributed by atoms with Crippen LogP contribution in [0.5, 0.6) is 0 Å². The van der Waals surface area contributed by atoms with Gasteiger partial charge in [-0.1, -0.05) is 29.8 Å². The third-order valence-corrected chi connectivity index (χ3v) is 2.96. The summed E-state index contributed by atoms with van der Waals surface area (Å²) in [5.74, 6) is -0.171. The lowest BCUT2D eigenvalue weighted by Gasteiger charge is -2.03. The van der Waals surface area contributed by atoms with Gasteiger partial charge in [-0.15, -0.1) is 0 Å². The molecular weight excluding hydrogens is 274 g/mol. The molecule has 0 fully saturated rings. The number of carbonyl (C=O) groups excluding carboxylic acids is 1. The molecule has 5 heteroatoms. The lowest BCUT2D eigenvalue weighted by atomic mass is 10.1. The van der Waals surface area contributed by atoms with Crippen LogP contribution in [0.2, 0.25) is 5.02 Å². The highest BCUT2D eigenvalue weighted by molar-refractivity contribution is 6.30. The zero-order chi connectivity index (χ0) is 14.4. The van der Waals surface area contributed by atoms with E-state index in [-0.39, 0.29) is 12.3 Å². The van der Waals surface area contributed by atoms with Gasteiger partial charge in [-0.05, 0) is 30.7 Å². The van der Waals surface area contributed by atoms with Crippen molar-refractivity contribution in [2.75, 3.05) is 0 Å². The van der Waals surface area contributed by atoms with E-state index in [0.29, 0.717) is 10.7 Å². The summed E-state index contributed by atoms with van der Waals surface area (Å²) >= 11 is 5.79. The second-order valence-corrected chi connectivity index (χ2v) is 4.71. The number of hydrazone groups is 1. The molecule has 0 atom stereocenters. The van der Waals surface area contributed by atoms with Gasteiger partial charge in [0.15, 0.2) is 0 Å². The number of amides is 1. The van der Waals surface area contributed by atoms with Crippen molar-refractivity contribution in [3.8, 4) is 0 Å². The fraction of sp³-hybridized carbons (Fsp3) is 0.133. The maximum absolute atomic E-state index is 11.8. The van der Waals surface area contributed by atoms with Crippen LogP contribution in [-0.4, -0.2) is 16.6 Å². The average molecular weight is 288 g/mol. The minimum atomic E-state index is -0.171. The summed E-state index contributed by atoms with van der Waals surface area (Å²) in [7, 11) is 0. The summed E-state index contributed by atoms with van der Waals surface area (Å²) in [5, 5.41) is 4.71. The normalized spacial score (nSPS) is 11.2. The van der Waals surface area contributed by atoms with Crippen LogP contribution in [0.25, 0.3) is 0 Å². The Morgan fingerprint density at radius 2 is 2.05 bits per heavy atom. The molecule has 0 aliphatic carbocycles. The molecule has 0 saturated heterocycles. The molecule has 1 amide bonds. The van der Waals surface area contributed by atoms with Crippen molar-refractivity contribution in [1.82, 2.24) is 10.4 Å². The zero-order valence-electron chi connectivity index (χ0n) is 11.0. The highest BCUT2D eigenvalue weighted by atomic mass is 35.5. The standard InChI is InChI=1S/C15H14ClN3O/c1-11(13-3-2-8-17-10-13)18-19-15(20)9-12-4-6-14(16)7-5-12/h2-8,10H,9H2,1H3,(H,19,20). The molecule has 0 radical (unpaired) electrons. The molecule has 2 aromatic rings. The molecule has 20 heavy (non-hydrogen) atoms. The van der Waals surface area contributed by atoms with E-state index in [2.05, 4.69) is 15.5 Å². The first-order valence-corrected chi connectivity index (χ1v) is 6.51. The van der Waals surface area contributed by atoms with Crippen LogP contribution in [0.3, 0.4) is 0 Å². The molecule has 1 aromatic carbocycles. The van der Waals surface area contributed by atoms with Gasteiger partial charge in [-0.3, -0.25) is 9.78 Å². The summed E-state index contributed by atoms with van der Waals surface area (Å²) in [6, 6.07) is 10.9. The fourth-order valence-corrected chi connectivity index (χ4v) is 1.74. The number of hydrogen-bond acceptors (Lipinski definition) is 3. The first-order chi connectivity index (χ1) is 9.65. The second-order valence-electron chi connectivity index (χ2n) is 4.28. The molecule has 4 nitrogen and oxygen atoms in total. The number of rotatable bonds is 4. The second kappa shape index (κ2) is 6.82. The number of nitrogens with zero attached hydrogens (tertiary/aromatic N) is 2. The lowest BCUT2D eigenvalue weighted by molar-refractivity contribution is -0.120. The van der Waals surface area contributed by atoms with Gasteiger partial charge in [0.25, 0.3) is 0 Å². The minimum Gasteiger partial charge on any atom is -0.273 e. The monoisotopic (exact) mass is 287 g/mol. The van der Waals surface area contributed by atoms with Gasteiger partial charge in [-0.2, -0.15) is 5.10 Å². The van der Waals surface area contributed by atoms with E-state index in [1.807, 2.05) is 31.2 Å². The van der Waals surface area contributed by atoms with E-state index in [4.69, 9.17) is 11.6 Å². The Labute approximate surface area is 122 Å². The average Bonchev–Trinajstić information content (AvgIpc) is 2.48. The van der Waals surface area contributed by atoms with Gasteiger partial charge in [0.05, 0.1) is 12.1 Å². The molecule has 1 heterocycles. The number of aromatic nitrogens is 1. The summed E-state index contributed by atoms with van der Waals surface area (Å²) in [6.45, 7) is 1.82. The molecule has 0 spiro atoms. The van der Waals surface area contributed by atoms with Gasteiger partial charge in [-0.25, -0.2) is 5.43 Å². The fourth-order valence-electron chi connectivity index (χ4n) is 1.61. The molecule has 0 bridgehead atoms. The minimum absolute atomic E-state index is 0.171. The Morgan fingerprint density at radius 1 is 1.30 bits per heavy atom. The van der Waals surface area contributed by atoms with Crippen molar-refractivity contribution in [2.45, 2.75) is 13.3 Å². The Kier molecular flexibility index (Phi) is 4.85. The number of carbonyl (C=O) groups is 1. The summed E-state index contributed by atoms with van der Waals surface area (Å²) in [6.07, 6.45) is 3.65. The third kappa shape index (κ3) is 4.17. The SMILES string of the molecule is CC(=NNC(=O)Cc1ccc(Cl)cc1)c1cccnc1. The number of pyridine rings is 1. The van der Waals surface area contributed by atoms with Crippen LogP contribution < -0.4 is 5.43 Å². The molecule has 102 valence electrons. The maximum Gasteiger partial charge on any atom is 0.244 e. The quantitative estimate of drug-likeness (QED) is 0.694. The Hall–Kier alpha value is -2.20. The predicted octanol–water partition coefficient (Wildman–Crippen LogP) is 2.82. The highest BCUT2D eigenvalue weighted by Crippen LogP contribution is 2.09. The number of nitrogens with one attached hydrogen (secondary N) is 1. The molecule has 2 rings (SSSR count). The topological polar surface area (TPSA) is 54.4 Å². The van der Waals surface area contributed by atoms with Crippen LogP contribution in [0.1, 0.15) is 18.1 Å². The van der Waals surface area contributed by atoms with E-state index in [1.165, 1.54) is 0 Å². The Morgan fingerprint density at radius 3 is 2.70 bits per heavy atom. The maximum atomic E-state index is 11.8. The predicted molar refractivity (Wildman–Crippen MR) is 79.7 cm³/mol. The molecule has 0 saturated carbocycles. The smallest absolute Gasteiger partial charge is 0.244 e. The van der Waals surface area contributed by atoms with Crippen molar-refractivity contribution in [2.24, 2.45) is 5.10 Å². The van der Waals surface area contributed by atoms with Crippen LogP contribution >= 0.6 is 11.6 Å². The van der Waals surface area contributed by atoms with Gasteiger partial charge in [0.2, 0.25) is 5.91 Å². The van der Waals surface area contributed by atoms with E-state index < -0.39 is 0 Å².